The highest BCUT2D eigenvalue weighted by Gasteiger charge is 2.62. The lowest BCUT2D eigenvalue weighted by Gasteiger charge is -2.48. The van der Waals surface area contributed by atoms with Crippen LogP contribution in [-0.2, 0) is 4.79 Å². The maximum absolute atomic E-state index is 11.9. The predicted molar refractivity (Wildman–Crippen MR) is 97.7 cm³/mol. The Morgan fingerprint density at radius 2 is 1.21 bits per heavy atom. The minimum absolute atomic E-state index is 0.0245. The zero-order valence-electron chi connectivity index (χ0n) is 16.5. The fourth-order valence-corrected chi connectivity index (χ4v) is 3.67. The zero-order chi connectivity index (χ0) is 18.9. The van der Waals surface area contributed by atoms with Crippen LogP contribution in [-0.4, -0.2) is 58.2 Å². The van der Waals surface area contributed by atoms with E-state index in [1.54, 1.807) is 21.1 Å². The molecule has 0 aromatic heterocycles. The van der Waals surface area contributed by atoms with Crippen molar-refractivity contribution in [3.63, 3.8) is 0 Å². The second-order valence-corrected chi connectivity index (χ2v) is 8.13. The normalized spacial score (nSPS) is 15.3. The maximum atomic E-state index is 11.9. The first kappa shape index (κ1) is 23.4. The van der Waals surface area contributed by atoms with E-state index in [0.29, 0.717) is 6.42 Å². The lowest BCUT2D eigenvalue weighted by atomic mass is 9.81. The molecule has 0 aromatic rings. The number of rotatable bonds is 14. The molecule has 0 aliphatic heterocycles. The van der Waals surface area contributed by atoms with Crippen molar-refractivity contribution in [2.75, 3.05) is 21.1 Å². The average molecular weight is 347 g/mol. The highest BCUT2D eigenvalue weighted by molar-refractivity contribution is 5.78. The van der Waals surface area contributed by atoms with Crippen molar-refractivity contribution in [2.45, 2.75) is 95.8 Å². The summed E-state index contributed by atoms with van der Waals surface area (Å²) in [4.78, 5) is 11.9. The van der Waals surface area contributed by atoms with Gasteiger partial charge in [-0.25, -0.2) is 4.79 Å². The Morgan fingerprint density at radius 3 is 1.50 bits per heavy atom. The Morgan fingerprint density at radius 1 is 0.833 bits per heavy atom. The quantitative estimate of drug-likeness (QED) is 0.255. The van der Waals surface area contributed by atoms with Crippen molar-refractivity contribution in [1.29, 1.82) is 0 Å². The molecule has 0 aliphatic carbocycles. The summed E-state index contributed by atoms with van der Waals surface area (Å²) >= 11 is 0. The lowest BCUT2D eigenvalue weighted by Crippen LogP contribution is -2.73. The van der Waals surface area contributed by atoms with E-state index in [2.05, 4.69) is 6.92 Å². The van der Waals surface area contributed by atoms with E-state index in [9.17, 15) is 20.1 Å². The first-order chi connectivity index (χ1) is 11.0. The van der Waals surface area contributed by atoms with E-state index < -0.39 is 17.3 Å². The van der Waals surface area contributed by atoms with Crippen LogP contribution >= 0.6 is 0 Å². The van der Waals surface area contributed by atoms with Gasteiger partial charge in [0, 0.05) is 6.42 Å². The standard InChI is InChI=1S/C19H39NO4/c1-6-7-8-9-10-11-12-13-14-15-16-19(17(21)22,18(2,23)24)20(3,4)5/h23-24H,6-16H2,1-5H3/p+1. The summed E-state index contributed by atoms with van der Waals surface area (Å²) in [6.07, 6.45) is 11.9. The fourth-order valence-electron chi connectivity index (χ4n) is 3.67. The molecule has 0 saturated heterocycles. The number of likely N-dealkylation sites (N-methyl/N-ethyl adjacent to an activating group) is 1. The zero-order valence-corrected chi connectivity index (χ0v) is 16.5. The molecule has 0 radical (unpaired) electrons. The Hall–Kier alpha value is -0.650. The molecule has 0 rings (SSSR count). The molecule has 0 spiro atoms. The van der Waals surface area contributed by atoms with Gasteiger partial charge < -0.3 is 19.8 Å². The average Bonchev–Trinajstić information content (AvgIpc) is 2.41. The minimum Gasteiger partial charge on any atom is -0.476 e. The second-order valence-electron chi connectivity index (χ2n) is 8.13. The van der Waals surface area contributed by atoms with Crippen LogP contribution in [0.4, 0.5) is 0 Å². The molecule has 24 heavy (non-hydrogen) atoms. The van der Waals surface area contributed by atoms with Gasteiger partial charge in [-0.15, -0.1) is 0 Å². The van der Waals surface area contributed by atoms with E-state index in [1.165, 1.54) is 51.9 Å². The van der Waals surface area contributed by atoms with Gasteiger partial charge in [0.1, 0.15) is 0 Å². The van der Waals surface area contributed by atoms with Gasteiger partial charge >= 0.3 is 5.97 Å². The number of carboxylic acids is 1. The molecule has 0 bridgehead atoms. The van der Waals surface area contributed by atoms with Crippen LogP contribution in [0.5, 0.6) is 0 Å². The number of carbonyl (C=O) groups is 1. The van der Waals surface area contributed by atoms with E-state index in [4.69, 9.17) is 0 Å². The van der Waals surface area contributed by atoms with Gasteiger partial charge in [-0.2, -0.15) is 0 Å². The van der Waals surface area contributed by atoms with Crippen molar-refractivity contribution in [3.8, 4) is 0 Å². The first-order valence-electron chi connectivity index (χ1n) is 9.50. The number of carboxylic acid groups (broad SMARTS) is 1. The number of hydrogen-bond donors (Lipinski definition) is 3. The minimum atomic E-state index is -2.27. The van der Waals surface area contributed by atoms with Gasteiger partial charge in [-0.3, -0.25) is 0 Å². The van der Waals surface area contributed by atoms with Crippen LogP contribution < -0.4 is 0 Å². The number of aliphatic hydroxyl groups is 2. The van der Waals surface area contributed by atoms with Gasteiger partial charge in [0.05, 0.1) is 21.1 Å². The molecule has 5 heteroatoms. The van der Waals surface area contributed by atoms with E-state index in [1.807, 2.05) is 0 Å². The van der Waals surface area contributed by atoms with Crippen LogP contribution in [0.25, 0.3) is 0 Å². The SMILES string of the molecule is CCCCCCCCCCCCC(C(=O)O)(C(C)(O)O)[N+](C)(C)C. The molecule has 3 N–H and O–H groups in total. The predicted octanol–water partition coefficient (Wildman–Crippen LogP) is 3.53. The smallest absolute Gasteiger partial charge is 0.371 e. The summed E-state index contributed by atoms with van der Waals surface area (Å²) in [7, 11) is 5.11. The van der Waals surface area contributed by atoms with Crippen LogP contribution in [0.1, 0.15) is 84.5 Å². The van der Waals surface area contributed by atoms with Crippen molar-refractivity contribution in [1.82, 2.24) is 0 Å². The third-order valence-electron chi connectivity index (χ3n) is 5.17. The molecule has 0 aliphatic rings. The van der Waals surface area contributed by atoms with Crippen molar-refractivity contribution in [3.05, 3.63) is 0 Å². The number of hydrogen-bond acceptors (Lipinski definition) is 3. The van der Waals surface area contributed by atoms with Crippen LogP contribution in [0.2, 0.25) is 0 Å². The van der Waals surface area contributed by atoms with Gasteiger partial charge in [0.15, 0.2) is 0 Å². The van der Waals surface area contributed by atoms with Gasteiger partial charge in [0.2, 0.25) is 11.3 Å². The van der Waals surface area contributed by atoms with Crippen LogP contribution in [0.3, 0.4) is 0 Å². The molecule has 0 saturated carbocycles. The van der Waals surface area contributed by atoms with Gasteiger partial charge in [0.25, 0.3) is 0 Å². The summed E-state index contributed by atoms with van der Waals surface area (Å²) in [5.41, 5.74) is -1.62. The molecule has 0 aromatic carbocycles. The summed E-state index contributed by atoms with van der Waals surface area (Å²) in [5.74, 6) is -3.42. The third kappa shape index (κ3) is 6.69. The maximum Gasteiger partial charge on any atom is 0.371 e. The summed E-state index contributed by atoms with van der Waals surface area (Å²) in [6.45, 7) is 3.40. The monoisotopic (exact) mass is 346 g/mol. The number of aliphatic carboxylic acids is 1. The second kappa shape index (κ2) is 10.4. The van der Waals surface area contributed by atoms with Crippen LogP contribution in [0, 0.1) is 0 Å². The lowest BCUT2D eigenvalue weighted by molar-refractivity contribution is -0.927. The molecule has 0 fully saturated rings. The van der Waals surface area contributed by atoms with Gasteiger partial charge in [-0.05, 0) is 13.3 Å². The largest absolute Gasteiger partial charge is 0.476 e. The highest BCUT2D eigenvalue weighted by atomic mass is 16.5. The topological polar surface area (TPSA) is 77.8 Å². The Bertz CT molecular complexity index is 341. The molecule has 5 nitrogen and oxygen atoms in total. The van der Waals surface area contributed by atoms with Crippen molar-refractivity contribution < 1.29 is 24.6 Å². The summed E-state index contributed by atoms with van der Waals surface area (Å²) in [6, 6.07) is 0. The van der Waals surface area contributed by atoms with E-state index >= 15 is 0 Å². The van der Waals surface area contributed by atoms with Crippen molar-refractivity contribution in [2.24, 2.45) is 0 Å². The number of unbranched alkanes of at least 4 members (excludes halogenated alkanes) is 9. The van der Waals surface area contributed by atoms with Crippen molar-refractivity contribution >= 4 is 5.97 Å². The van der Waals surface area contributed by atoms with E-state index in [-0.39, 0.29) is 10.9 Å². The number of quaternary nitrogens is 1. The number of nitrogens with zero attached hydrogens (tertiary/aromatic N) is 1. The van der Waals surface area contributed by atoms with Gasteiger partial charge in [-0.1, -0.05) is 64.7 Å². The molecule has 1 atom stereocenters. The summed E-state index contributed by atoms with van der Waals surface area (Å²) < 4.78 is -0.0245. The molecule has 0 heterocycles. The molecule has 144 valence electrons. The molecular formula is C19H40NO4+. The molecule has 1 unspecified atom stereocenters. The Balaban J connectivity index is 4.30. The first-order valence-corrected chi connectivity index (χ1v) is 9.50. The summed E-state index contributed by atoms with van der Waals surface area (Å²) in [5, 5.41) is 30.0. The van der Waals surface area contributed by atoms with Crippen LogP contribution in [0.15, 0.2) is 0 Å². The Labute approximate surface area is 148 Å². The fraction of sp³-hybridized carbons (Fsp3) is 0.947. The van der Waals surface area contributed by atoms with E-state index in [0.717, 1.165) is 12.8 Å². The molecular weight excluding hydrogens is 306 g/mol. The highest BCUT2D eigenvalue weighted by Crippen LogP contribution is 2.35. The Kier molecular flexibility index (Phi) is 10.1. The third-order valence-corrected chi connectivity index (χ3v) is 5.17. The molecule has 0 amide bonds.